The second kappa shape index (κ2) is 26.8. The SMILES string of the molecule is CC(C)n1ccc(-c2nc3n(c2-c2ccc4nc[nH]c(=O)c4c2)CCC3)n1.CC(C)n1ccc(-c2nc3sccn3c2-c2ccc3ncc(C(N)=O)n3c2)n1.NC(=O)c1cnc2ccc(-c3c(-c4ccn(C5CC5)n4)nc4sccn34)cn12.O=c1[nH]cnc2ccc(-c3c(-c4ccn(C5CC5)n4)nc4n3CCC4)cc12. The lowest BCUT2D eigenvalue weighted by molar-refractivity contribution is 0.0986. The molecule has 22 rings (SSSR count). The monoisotopic (exact) mass is 1500 g/mol. The van der Waals surface area contributed by atoms with Crippen molar-refractivity contribution >= 4 is 77.5 Å². The van der Waals surface area contributed by atoms with Gasteiger partial charge in [-0.05, 0) is 139 Å². The number of rotatable bonds is 14. The molecule has 6 N–H and O–H groups in total. The Labute approximate surface area is 631 Å². The first-order chi connectivity index (χ1) is 53.6. The predicted molar refractivity (Wildman–Crippen MR) is 418 cm³/mol. The average Bonchev–Trinajstić information content (AvgIpc) is 1.63. The number of primary amides is 2. The maximum atomic E-state index is 12.2. The Hall–Kier alpha value is -13.4. The number of amides is 2. The van der Waals surface area contributed by atoms with Crippen LogP contribution >= 0.6 is 22.7 Å². The van der Waals surface area contributed by atoms with E-state index in [1.165, 1.54) is 50.7 Å². The van der Waals surface area contributed by atoms with E-state index in [1.54, 1.807) is 31.5 Å². The fraction of sp³-hybridized carbons (Fsp3) is 0.231. The summed E-state index contributed by atoms with van der Waals surface area (Å²) in [6, 6.07) is 29.0. The van der Waals surface area contributed by atoms with Gasteiger partial charge in [-0.15, -0.1) is 22.7 Å². The molecule has 0 atom stereocenters. The second-order valence-corrected chi connectivity index (χ2v) is 30.0. The fourth-order valence-corrected chi connectivity index (χ4v) is 16.1. The zero-order valence-electron chi connectivity index (χ0n) is 60.0. The average molecular weight is 1500 g/mol. The standard InChI is InChI=1S/C20H18N6O.C20H20N6O.C19H15N7OS.C19H17N7OS/c27-20-14-10-12(3-6-15(14)21-11-22-20)19-18(23-17-2-1-8-25(17)19)16-7-9-26(24-16)13-4-5-13;1-12(2)26-9-7-16(24-26)18-19(25-8-3-4-17(25)23-18)13-5-6-15-14(10-13)20(27)22-11-21-15;20-18(27)14-9-21-15-4-1-11(10-25(14)15)17-16(22-19-24(17)7-8-28-19)13-5-6-26(23-13)12-2-3-12;1-11(2)26-6-5-13(23-26)16-17(24-7-8-28-19(24)22-16)12-3-4-15-21-9-14(18(20)27)25(15)10-12/h3,6-7,9-11,13H,1-2,4-5,8H2,(H,21,22,27);5-7,9-12H,3-4,8H2,1-2H3,(H,21,22,27);1,4-10,12H,2-3H2,(H2,20,27);3-11H,1-2H3,(H2,20,27). The van der Waals surface area contributed by atoms with Crippen LogP contribution in [-0.4, -0.2) is 128 Å². The molecule has 548 valence electrons. The predicted octanol–water partition coefficient (Wildman–Crippen LogP) is 12.4. The number of hydrogen-bond acceptors (Lipinski definition) is 18. The largest absolute Gasteiger partial charge is 0.364 e. The highest BCUT2D eigenvalue weighted by Crippen LogP contribution is 2.42. The summed E-state index contributed by atoms with van der Waals surface area (Å²) in [7, 11) is 0. The number of H-pyrrole nitrogens is 2. The van der Waals surface area contributed by atoms with Crippen molar-refractivity contribution in [3.05, 3.63) is 214 Å². The number of nitrogens with zero attached hydrogens (tertiary/aromatic N) is 22. The van der Waals surface area contributed by atoms with Crippen molar-refractivity contribution in [1.29, 1.82) is 0 Å². The molecule has 2 amide bonds. The molecule has 18 heterocycles. The van der Waals surface area contributed by atoms with Crippen molar-refractivity contribution in [3.8, 4) is 90.6 Å². The molecule has 0 unspecified atom stereocenters. The molecule has 32 heteroatoms. The smallest absolute Gasteiger partial charge is 0.267 e. The zero-order chi connectivity index (χ0) is 74.7. The number of hydrogen-bond donors (Lipinski definition) is 4. The van der Waals surface area contributed by atoms with Gasteiger partial charge in [0, 0.05) is 121 Å². The van der Waals surface area contributed by atoms with E-state index in [0.717, 1.165) is 151 Å². The van der Waals surface area contributed by atoms with Gasteiger partial charge in [0.25, 0.3) is 22.9 Å². The number of imidazole rings is 6. The van der Waals surface area contributed by atoms with Crippen LogP contribution in [0.1, 0.15) is 123 Å². The molecule has 18 aromatic rings. The van der Waals surface area contributed by atoms with E-state index in [4.69, 9.17) is 51.8 Å². The molecule has 2 aromatic carbocycles. The molecule has 0 bridgehead atoms. The van der Waals surface area contributed by atoms with Gasteiger partial charge in [0.1, 0.15) is 79.9 Å². The number of nitrogens with two attached hydrogens (primary N) is 2. The summed E-state index contributed by atoms with van der Waals surface area (Å²) >= 11 is 3.14. The zero-order valence-corrected chi connectivity index (χ0v) is 61.6. The second-order valence-electron chi connectivity index (χ2n) is 28.3. The minimum atomic E-state index is -0.519. The fourth-order valence-electron chi connectivity index (χ4n) is 14.6. The molecule has 0 radical (unpaired) electrons. The molecule has 30 nitrogen and oxygen atoms in total. The van der Waals surface area contributed by atoms with Crippen LogP contribution in [0.25, 0.3) is 134 Å². The van der Waals surface area contributed by atoms with Crippen molar-refractivity contribution in [2.75, 3.05) is 0 Å². The van der Waals surface area contributed by atoms with E-state index in [2.05, 4.69) is 88.1 Å². The highest BCUT2D eigenvalue weighted by Gasteiger charge is 2.31. The first-order valence-corrected chi connectivity index (χ1v) is 38.2. The van der Waals surface area contributed by atoms with Gasteiger partial charge in [-0.3, -0.25) is 55.5 Å². The van der Waals surface area contributed by atoms with Crippen LogP contribution in [0.4, 0.5) is 0 Å². The molecule has 2 fully saturated rings. The van der Waals surface area contributed by atoms with E-state index in [-0.39, 0.29) is 17.2 Å². The van der Waals surface area contributed by atoms with Crippen LogP contribution < -0.4 is 22.6 Å². The first kappa shape index (κ1) is 67.3. The lowest BCUT2D eigenvalue weighted by Gasteiger charge is -2.09. The van der Waals surface area contributed by atoms with Gasteiger partial charge in [0.2, 0.25) is 0 Å². The van der Waals surface area contributed by atoms with Gasteiger partial charge in [-0.2, -0.15) is 20.4 Å². The van der Waals surface area contributed by atoms with Crippen LogP contribution in [0.2, 0.25) is 0 Å². The van der Waals surface area contributed by atoms with Crippen molar-refractivity contribution in [2.24, 2.45) is 11.5 Å². The molecular weight excluding hydrogens is 1430 g/mol. The van der Waals surface area contributed by atoms with Crippen molar-refractivity contribution in [1.82, 2.24) is 116 Å². The van der Waals surface area contributed by atoms with E-state index in [0.29, 0.717) is 62.6 Å². The highest BCUT2D eigenvalue weighted by molar-refractivity contribution is 7.15. The maximum absolute atomic E-state index is 12.2. The first-order valence-electron chi connectivity index (χ1n) is 36.4. The van der Waals surface area contributed by atoms with Gasteiger partial charge >= 0.3 is 0 Å². The molecule has 110 heavy (non-hydrogen) atoms. The molecule has 2 saturated carbocycles. The molecular formula is C78H70N26O4S2. The number of nitrogens with one attached hydrogen (secondary N) is 2. The van der Waals surface area contributed by atoms with Gasteiger partial charge < -0.3 is 30.6 Å². The Morgan fingerprint density at radius 1 is 0.464 bits per heavy atom. The molecule has 2 aliphatic heterocycles. The third kappa shape index (κ3) is 12.0. The van der Waals surface area contributed by atoms with Gasteiger partial charge in [0.05, 0.1) is 81.7 Å². The Bertz CT molecular complexity index is 6390. The summed E-state index contributed by atoms with van der Waals surface area (Å²) in [6.07, 6.45) is 30.5. The Balaban J connectivity index is 0.0000000993. The van der Waals surface area contributed by atoms with Crippen LogP contribution in [0.15, 0.2) is 180 Å². The van der Waals surface area contributed by atoms with Crippen LogP contribution in [0.5, 0.6) is 0 Å². The molecule has 4 aliphatic rings. The van der Waals surface area contributed by atoms with Gasteiger partial charge in [-0.25, -0.2) is 39.9 Å². The summed E-state index contributed by atoms with van der Waals surface area (Å²) in [5, 5.41) is 24.1. The van der Waals surface area contributed by atoms with E-state index in [9.17, 15) is 19.2 Å². The van der Waals surface area contributed by atoms with Crippen LogP contribution in [0, 0.1) is 0 Å². The maximum Gasteiger partial charge on any atom is 0.267 e. The summed E-state index contributed by atoms with van der Waals surface area (Å²) in [5.41, 5.74) is 28.7. The van der Waals surface area contributed by atoms with Crippen molar-refractivity contribution in [2.45, 2.75) is 116 Å². The molecule has 0 saturated heterocycles. The number of aromatic amines is 2. The van der Waals surface area contributed by atoms with E-state index >= 15 is 0 Å². The summed E-state index contributed by atoms with van der Waals surface area (Å²) in [5.74, 6) is 1.15. The minimum Gasteiger partial charge on any atom is -0.364 e. The summed E-state index contributed by atoms with van der Waals surface area (Å²) < 4.78 is 20.0. The summed E-state index contributed by atoms with van der Waals surface area (Å²) in [6.45, 7) is 10.3. The number of aryl methyl sites for hydroxylation is 2. The highest BCUT2D eigenvalue weighted by atomic mass is 32.1. The molecule has 16 aromatic heterocycles. The van der Waals surface area contributed by atoms with Crippen molar-refractivity contribution in [3.63, 3.8) is 0 Å². The molecule has 2 aliphatic carbocycles. The number of carbonyl (C=O) groups excluding carboxylic acids is 2. The lowest BCUT2D eigenvalue weighted by atomic mass is 10.1. The van der Waals surface area contributed by atoms with Gasteiger partial charge in [-0.1, -0.05) is 12.1 Å². The van der Waals surface area contributed by atoms with Crippen LogP contribution in [-0.2, 0) is 25.9 Å². The third-order valence-corrected chi connectivity index (χ3v) is 21.9. The third-order valence-electron chi connectivity index (χ3n) is 20.4. The quantitative estimate of drug-likeness (QED) is 0.0786. The van der Waals surface area contributed by atoms with Crippen LogP contribution in [0.3, 0.4) is 0 Å². The molecule has 0 spiro atoms. The topological polar surface area (TPSA) is 354 Å². The number of thiazole rings is 2. The van der Waals surface area contributed by atoms with E-state index < -0.39 is 11.8 Å². The minimum absolute atomic E-state index is 0.123. The van der Waals surface area contributed by atoms with Gasteiger partial charge in [0.15, 0.2) is 9.92 Å². The number of benzene rings is 2. The number of fused-ring (bicyclic) bond motifs is 8. The number of pyridine rings is 2. The number of aromatic nitrogens is 24. The van der Waals surface area contributed by atoms with Crippen molar-refractivity contribution < 1.29 is 9.59 Å². The lowest BCUT2D eigenvalue weighted by Crippen LogP contribution is -2.13. The Kier molecular flexibility index (Phi) is 16.4. The van der Waals surface area contributed by atoms with E-state index in [1.807, 2.05) is 151 Å². The summed E-state index contributed by atoms with van der Waals surface area (Å²) in [4.78, 5) is 91.5. The Morgan fingerprint density at radius 3 is 1.28 bits per heavy atom. The normalized spacial score (nSPS) is 13.9. The Morgan fingerprint density at radius 2 is 0.873 bits per heavy atom. The number of carbonyl (C=O) groups is 2.